The number of carbonyl (C=O) groups excluding carboxylic acids is 1. The fourth-order valence-corrected chi connectivity index (χ4v) is 2.95. The molecule has 7 nitrogen and oxygen atoms in total. The minimum Gasteiger partial charge on any atom is -0.385 e. The number of anilines is 1. The number of hydrogen-bond donors (Lipinski definition) is 3. The first kappa shape index (κ1) is 18.4. The number of carbonyl (C=O) groups is 1. The van der Waals surface area contributed by atoms with Crippen LogP contribution in [-0.2, 0) is 11.2 Å². The normalized spacial score (nSPS) is 10.7. The van der Waals surface area contributed by atoms with Crippen LogP contribution < -0.4 is 10.6 Å². The Morgan fingerprint density at radius 3 is 2.63 bits per heavy atom. The van der Waals surface area contributed by atoms with Crippen LogP contribution in [0.3, 0.4) is 0 Å². The topological polar surface area (TPSA) is 100 Å². The van der Waals surface area contributed by atoms with Crippen molar-refractivity contribution < 1.29 is 9.72 Å². The molecule has 3 N–H and O–H groups in total. The van der Waals surface area contributed by atoms with Gasteiger partial charge < -0.3 is 15.6 Å². The average molecular weight is 366 g/mol. The molecule has 0 spiro atoms. The number of nitrogens with zero attached hydrogens (tertiary/aromatic N) is 1. The summed E-state index contributed by atoms with van der Waals surface area (Å²) in [6.07, 6.45) is 3.91. The molecule has 0 radical (unpaired) electrons. The molecule has 27 heavy (non-hydrogen) atoms. The van der Waals surface area contributed by atoms with Crippen LogP contribution in [0.15, 0.2) is 54.7 Å². The van der Waals surface area contributed by atoms with E-state index in [-0.39, 0.29) is 11.6 Å². The summed E-state index contributed by atoms with van der Waals surface area (Å²) in [5.41, 5.74) is 3.18. The highest BCUT2D eigenvalue weighted by Crippen LogP contribution is 2.18. The van der Waals surface area contributed by atoms with Gasteiger partial charge in [0.2, 0.25) is 5.91 Å². The van der Waals surface area contributed by atoms with E-state index in [1.54, 1.807) is 12.1 Å². The smallest absolute Gasteiger partial charge is 0.269 e. The van der Waals surface area contributed by atoms with E-state index in [0.717, 1.165) is 17.6 Å². The first-order valence-electron chi connectivity index (χ1n) is 8.93. The Balaban J connectivity index is 1.33. The third kappa shape index (κ3) is 5.07. The Labute approximate surface area is 156 Å². The lowest BCUT2D eigenvalue weighted by Crippen LogP contribution is -2.25. The molecule has 0 aliphatic rings. The lowest BCUT2D eigenvalue weighted by molar-refractivity contribution is -0.384. The van der Waals surface area contributed by atoms with E-state index in [1.807, 2.05) is 24.4 Å². The van der Waals surface area contributed by atoms with E-state index < -0.39 is 4.92 Å². The maximum absolute atomic E-state index is 11.9. The average Bonchev–Trinajstić information content (AvgIpc) is 3.09. The number of H-pyrrole nitrogens is 1. The molecule has 0 aliphatic heterocycles. The highest BCUT2D eigenvalue weighted by molar-refractivity contribution is 5.83. The standard InChI is InChI=1S/C20H22N4O3/c25-20(6-3-12-21-16-7-9-17(10-8-16)24(26)27)22-13-11-15-14-23-19-5-2-1-4-18(15)19/h1-2,4-5,7-10,14,21,23H,3,6,11-13H2,(H,22,25). The molecule has 0 bridgehead atoms. The fraction of sp³-hybridized carbons (Fsp3) is 0.250. The molecule has 140 valence electrons. The lowest BCUT2D eigenvalue weighted by Gasteiger charge is -2.07. The summed E-state index contributed by atoms with van der Waals surface area (Å²) in [6.45, 7) is 1.24. The van der Waals surface area contributed by atoms with Gasteiger partial charge in [0.25, 0.3) is 5.69 Å². The Morgan fingerprint density at radius 1 is 1.07 bits per heavy atom. The first-order chi connectivity index (χ1) is 13.1. The summed E-state index contributed by atoms with van der Waals surface area (Å²) in [4.78, 5) is 25.4. The quantitative estimate of drug-likeness (QED) is 0.306. The summed E-state index contributed by atoms with van der Waals surface area (Å²) in [5.74, 6) is 0.0281. The number of nitro groups is 1. The van der Waals surface area contributed by atoms with Crippen LogP contribution >= 0.6 is 0 Å². The number of amides is 1. The third-order valence-electron chi connectivity index (χ3n) is 4.38. The van der Waals surface area contributed by atoms with Crippen molar-refractivity contribution in [3.63, 3.8) is 0 Å². The van der Waals surface area contributed by atoms with E-state index in [9.17, 15) is 14.9 Å². The molecule has 1 aromatic heterocycles. The third-order valence-corrected chi connectivity index (χ3v) is 4.38. The van der Waals surface area contributed by atoms with Crippen LogP contribution in [0.25, 0.3) is 10.9 Å². The summed E-state index contributed by atoms with van der Waals surface area (Å²) in [7, 11) is 0. The number of hydrogen-bond acceptors (Lipinski definition) is 4. The van der Waals surface area contributed by atoms with E-state index in [2.05, 4.69) is 21.7 Å². The molecule has 1 heterocycles. The summed E-state index contributed by atoms with van der Waals surface area (Å²) < 4.78 is 0. The maximum atomic E-state index is 11.9. The van der Waals surface area contributed by atoms with Crippen LogP contribution in [-0.4, -0.2) is 28.9 Å². The minimum atomic E-state index is -0.426. The van der Waals surface area contributed by atoms with Gasteiger partial charge >= 0.3 is 0 Å². The van der Waals surface area contributed by atoms with Crippen LogP contribution in [0.2, 0.25) is 0 Å². The van der Waals surface area contributed by atoms with Crippen molar-refractivity contribution in [3.8, 4) is 0 Å². The van der Waals surface area contributed by atoms with E-state index in [1.165, 1.54) is 23.1 Å². The molecule has 1 amide bonds. The minimum absolute atomic E-state index is 0.0281. The van der Waals surface area contributed by atoms with Gasteiger partial charge in [-0.3, -0.25) is 14.9 Å². The van der Waals surface area contributed by atoms with Crippen LogP contribution in [0.5, 0.6) is 0 Å². The Kier molecular flexibility index (Phi) is 6.04. The SMILES string of the molecule is O=C(CCCNc1ccc([N+](=O)[O-])cc1)NCCc1c[nH]c2ccccc12. The molecular formula is C20H22N4O3. The summed E-state index contributed by atoms with van der Waals surface area (Å²) in [5, 5.41) is 17.9. The van der Waals surface area contributed by atoms with Crippen LogP contribution in [0.4, 0.5) is 11.4 Å². The number of nitro benzene ring substituents is 1. The van der Waals surface area contributed by atoms with Gasteiger partial charge in [-0.1, -0.05) is 18.2 Å². The van der Waals surface area contributed by atoms with Gasteiger partial charge in [0.1, 0.15) is 0 Å². The second-order valence-corrected chi connectivity index (χ2v) is 6.29. The zero-order chi connectivity index (χ0) is 19.1. The van der Waals surface area contributed by atoms with Gasteiger partial charge in [0.15, 0.2) is 0 Å². The predicted molar refractivity (Wildman–Crippen MR) is 106 cm³/mol. The van der Waals surface area contributed by atoms with Gasteiger partial charge in [-0.2, -0.15) is 0 Å². The van der Waals surface area contributed by atoms with Gasteiger partial charge in [-0.25, -0.2) is 0 Å². The van der Waals surface area contributed by atoms with E-state index in [0.29, 0.717) is 25.9 Å². The van der Waals surface area contributed by atoms with Crippen molar-refractivity contribution in [2.45, 2.75) is 19.3 Å². The van der Waals surface area contributed by atoms with Crippen molar-refractivity contribution in [2.24, 2.45) is 0 Å². The Morgan fingerprint density at radius 2 is 1.85 bits per heavy atom. The van der Waals surface area contributed by atoms with Crippen molar-refractivity contribution in [1.29, 1.82) is 0 Å². The van der Waals surface area contributed by atoms with Crippen LogP contribution in [0.1, 0.15) is 18.4 Å². The number of aromatic nitrogens is 1. The molecule has 0 fully saturated rings. The fourth-order valence-electron chi connectivity index (χ4n) is 2.95. The molecule has 0 atom stereocenters. The highest BCUT2D eigenvalue weighted by Gasteiger charge is 2.06. The van der Waals surface area contributed by atoms with Crippen molar-refractivity contribution >= 4 is 28.2 Å². The molecule has 3 aromatic rings. The molecule has 3 rings (SSSR count). The van der Waals surface area contributed by atoms with Crippen molar-refractivity contribution in [1.82, 2.24) is 10.3 Å². The van der Waals surface area contributed by atoms with E-state index in [4.69, 9.17) is 0 Å². The maximum Gasteiger partial charge on any atom is 0.269 e. The van der Waals surface area contributed by atoms with Gasteiger partial charge in [0, 0.05) is 54.4 Å². The molecule has 2 aromatic carbocycles. The number of nitrogens with one attached hydrogen (secondary N) is 3. The number of non-ortho nitro benzene ring substituents is 1. The second-order valence-electron chi connectivity index (χ2n) is 6.29. The Hall–Kier alpha value is -3.35. The number of fused-ring (bicyclic) bond motifs is 1. The summed E-state index contributed by atoms with van der Waals surface area (Å²) in [6, 6.07) is 14.4. The predicted octanol–water partition coefficient (Wildman–Crippen LogP) is 3.63. The highest BCUT2D eigenvalue weighted by atomic mass is 16.6. The molecular weight excluding hydrogens is 344 g/mol. The summed E-state index contributed by atoms with van der Waals surface area (Å²) >= 11 is 0. The van der Waals surface area contributed by atoms with Crippen molar-refractivity contribution in [3.05, 3.63) is 70.4 Å². The largest absolute Gasteiger partial charge is 0.385 e. The second kappa shape index (κ2) is 8.84. The molecule has 7 heteroatoms. The zero-order valence-electron chi connectivity index (χ0n) is 14.9. The number of para-hydroxylation sites is 1. The Bertz CT molecular complexity index is 918. The number of benzene rings is 2. The van der Waals surface area contributed by atoms with Gasteiger partial charge in [-0.05, 0) is 36.6 Å². The van der Waals surface area contributed by atoms with Crippen LogP contribution in [0, 0.1) is 10.1 Å². The number of rotatable bonds is 9. The zero-order valence-corrected chi connectivity index (χ0v) is 14.9. The van der Waals surface area contributed by atoms with Gasteiger partial charge in [0.05, 0.1) is 4.92 Å². The lowest BCUT2D eigenvalue weighted by atomic mass is 10.1. The molecule has 0 unspecified atom stereocenters. The van der Waals surface area contributed by atoms with Gasteiger partial charge in [-0.15, -0.1) is 0 Å². The molecule has 0 aliphatic carbocycles. The molecule has 0 saturated heterocycles. The first-order valence-corrected chi connectivity index (χ1v) is 8.93. The molecule has 0 saturated carbocycles. The van der Waals surface area contributed by atoms with E-state index >= 15 is 0 Å². The van der Waals surface area contributed by atoms with Crippen molar-refractivity contribution in [2.75, 3.05) is 18.4 Å². The number of aromatic amines is 1. The monoisotopic (exact) mass is 366 g/mol.